The minimum Gasteiger partial charge on any atom is -0.472 e. The summed E-state index contributed by atoms with van der Waals surface area (Å²) in [6, 6.07) is 8.80. The van der Waals surface area contributed by atoms with E-state index < -0.39 is 0 Å². The molecule has 126 valence electrons. The summed E-state index contributed by atoms with van der Waals surface area (Å²) in [6.45, 7) is 4.87. The number of urea groups is 1. The first-order chi connectivity index (χ1) is 11.5. The molecule has 0 saturated carbocycles. The van der Waals surface area contributed by atoms with Crippen molar-refractivity contribution in [3.05, 3.63) is 46.9 Å². The van der Waals surface area contributed by atoms with Crippen LogP contribution in [0, 0.1) is 13.8 Å². The maximum atomic E-state index is 12.3. The number of carbonyl (C=O) groups excluding carboxylic acids is 1. The summed E-state index contributed by atoms with van der Waals surface area (Å²) in [5.41, 5.74) is 1.47. The lowest BCUT2D eigenvalue weighted by Gasteiger charge is -2.18. The fourth-order valence-electron chi connectivity index (χ4n) is 2.68. The van der Waals surface area contributed by atoms with E-state index >= 15 is 0 Å². The molecule has 1 aliphatic heterocycles. The minimum atomic E-state index is -0.177. The molecule has 0 radical (unpaired) electrons. The smallest absolute Gasteiger partial charge is 0.322 e. The van der Waals surface area contributed by atoms with Gasteiger partial charge in [-0.15, -0.1) is 0 Å². The Morgan fingerprint density at radius 3 is 2.88 bits per heavy atom. The van der Waals surface area contributed by atoms with Gasteiger partial charge in [-0.05, 0) is 26.0 Å². The molecule has 2 aromatic rings. The van der Waals surface area contributed by atoms with E-state index in [4.69, 9.17) is 16.3 Å². The number of ether oxygens (including phenoxy) is 1. The van der Waals surface area contributed by atoms with Crippen LogP contribution in [0.4, 0.5) is 10.5 Å². The van der Waals surface area contributed by atoms with Gasteiger partial charge in [0.25, 0.3) is 0 Å². The van der Waals surface area contributed by atoms with Gasteiger partial charge < -0.3 is 15.0 Å². The van der Waals surface area contributed by atoms with Crippen LogP contribution in [-0.4, -0.2) is 40.1 Å². The van der Waals surface area contributed by atoms with Crippen LogP contribution < -0.4 is 10.1 Å². The predicted octanol–water partition coefficient (Wildman–Crippen LogP) is 3.43. The molecule has 1 saturated heterocycles. The lowest BCUT2D eigenvalue weighted by Crippen LogP contribution is -2.34. The Bertz CT molecular complexity index is 733. The Kier molecular flexibility index (Phi) is 4.85. The molecule has 7 heteroatoms. The van der Waals surface area contributed by atoms with Crippen LogP contribution in [-0.2, 0) is 0 Å². The van der Waals surface area contributed by atoms with Crippen molar-refractivity contribution in [3.8, 4) is 5.88 Å². The third-order valence-corrected chi connectivity index (χ3v) is 4.11. The first-order valence-electron chi connectivity index (χ1n) is 7.80. The summed E-state index contributed by atoms with van der Waals surface area (Å²) in [4.78, 5) is 22.6. The largest absolute Gasteiger partial charge is 0.472 e. The van der Waals surface area contributed by atoms with Gasteiger partial charge in [0.1, 0.15) is 11.9 Å². The second-order valence-electron chi connectivity index (χ2n) is 5.78. The third kappa shape index (κ3) is 3.94. The number of para-hydroxylation sites is 1. The van der Waals surface area contributed by atoms with Crippen molar-refractivity contribution in [2.24, 2.45) is 0 Å². The van der Waals surface area contributed by atoms with Crippen molar-refractivity contribution in [3.63, 3.8) is 0 Å². The van der Waals surface area contributed by atoms with E-state index in [0.717, 1.165) is 12.1 Å². The van der Waals surface area contributed by atoms with Crippen molar-refractivity contribution >= 4 is 23.3 Å². The molecule has 0 bridgehead atoms. The number of rotatable bonds is 3. The van der Waals surface area contributed by atoms with E-state index in [-0.39, 0.29) is 12.1 Å². The zero-order valence-electron chi connectivity index (χ0n) is 13.6. The molecule has 2 heterocycles. The standard InChI is InChI=1S/C17H19ClN4O2/c1-11-9-16(20-12(2)19-11)24-13-7-8-22(10-13)17(23)21-15-6-4-3-5-14(15)18/h3-6,9,13H,7-8,10H2,1-2H3,(H,21,23)/t13-/m0/s1. The maximum absolute atomic E-state index is 12.3. The highest BCUT2D eigenvalue weighted by Gasteiger charge is 2.28. The van der Waals surface area contributed by atoms with Gasteiger partial charge in [-0.1, -0.05) is 23.7 Å². The Balaban J connectivity index is 1.58. The minimum absolute atomic E-state index is 0.0734. The predicted molar refractivity (Wildman–Crippen MR) is 92.6 cm³/mol. The lowest BCUT2D eigenvalue weighted by molar-refractivity contribution is 0.189. The molecule has 1 N–H and O–H groups in total. The first-order valence-corrected chi connectivity index (χ1v) is 8.18. The van der Waals surface area contributed by atoms with Crippen LogP contribution >= 0.6 is 11.6 Å². The summed E-state index contributed by atoms with van der Waals surface area (Å²) in [7, 11) is 0. The van der Waals surface area contributed by atoms with Crippen LogP contribution in [0.5, 0.6) is 5.88 Å². The van der Waals surface area contributed by atoms with Gasteiger partial charge in [0, 0.05) is 24.7 Å². The SMILES string of the molecule is Cc1cc(O[C@H]2CCN(C(=O)Nc3ccccc3Cl)C2)nc(C)n1. The molecule has 6 nitrogen and oxygen atoms in total. The average Bonchev–Trinajstić information content (AvgIpc) is 2.97. The number of aromatic nitrogens is 2. The summed E-state index contributed by atoms with van der Waals surface area (Å²) < 4.78 is 5.89. The molecule has 1 aliphatic rings. The monoisotopic (exact) mass is 346 g/mol. The summed E-state index contributed by atoms with van der Waals surface area (Å²) in [5.74, 6) is 1.23. The first kappa shape index (κ1) is 16.5. The highest BCUT2D eigenvalue weighted by molar-refractivity contribution is 6.33. The molecule has 0 spiro atoms. The Labute approximate surface area is 145 Å². The fraction of sp³-hybridized carbons (Fsp3) is 0.353. The number of amides is 2. The van der Waals surface area contributed by atoms with Gasteiger partial charge in [-0.25, -0.2) is 9.78 Å². The molecule has 0 aliphatic carbocycles. The fourth-order valence-corrected chi connectivity index (χ4v) is 2.86. The number of hydrogen-bond donors (Lipinski definition) is 1. The van der Waals surface area contributed by atoms with Crippen molar-refractivity contribution in [1.82, 2.24) is 14.9 Å². The molecule has 24 heavy (non-hydrogen) atoms. The van der Waals surface area contributed by atoms with Crippen LogP contribution in [0.3, 0.4) is 0 Å². The number of halogens is 1. The van der Waals surface area contributed by atoms with Crippen molar-refractivity contribution in [2.45, 2.75) is 26.4 Å². The number of nitrogens with one attached hydrogen (secondary N) is 1. The van der Waals surface area contributed by atoms with E-state index in [1.165, 1.54) is 0 Å². The van der Waals surface area contributed by atoms with Crippen molar-refractivity contribution in [2.75, 3.05) is 18.4 Å². The topological polar surface area (TPSA) is 67.3 Å². The quantitative estimate of drug-likeness (QED) is 0.924. The van der Waals surface area contributed by atoms with Crippen molar-refractivity contribution in [1.29, 1.82) is 0 Å². The summed E-state index contributed by atoms with van der Waals surface area (Å²) in [6.07, 6.45) is 0.689. The van der Waals surface area contributed by atoms with Gasteiger partial charge in [0.05, 0.1) is 17.3 Å². The number of nitrogens with zero attached hydrogens (tertiary/aromatic N) is 3. The number of aryl methyl sites for hydroxylation is 2. The summed E-state index contributed by atoms with van der Waals surface area (Å²) >= 11 is 6.07. The molecule has 3 rings (SSSR count). The number of benzene rings is 1. The van der Waals surface area contributed by atoms with Crippen LogP contribution in [0.15, 0.2) is 30.3 Å². The molecule has 1 aromatic heterocycles. The molecular formula is C17H19ClN4O2. The van der Waals surface area contributed by atoms with E-state index in [0.29, 0.717) is 35.5 Å². The molecule has 1 aromatic carbocycles. The van der Waals surface area contributed by atoms with Crippen LogP contribution in [0.2, 0.25) is 5.02 Å². The zero-order valence-corrected chi connectivity index (χ0v) is 14.4. The van der Waals surface area contributed by atoms with Gasteiger partial charge in [-0.3, -0.25) is 0 Å². The van der Waals surface area contributed by atoms with Crippen molar-refractivity contribution < 1.29 is 9.53 Å². The van der Waals surface area contributed by atoms with Crippen LogP contribution in [0.1, 0.15) is 17.9 Å². The summed E-state index contributed by atoms with van der Waals surface area (Å²) in [5, 5.41) is 3.35. The van der Waals surface area contributed by atoms with Gasteiger partial charge in [0.2, 0.25) is 5.88 Å². The molecular weight excluding hydrogens is 328 g/mol. The Morgan fingerprint density at radius 1 is 1.33 bits per heavy atom. The Morgan fingerprint density at radius 2 is 2.12 bits per heavy atom. The lowest BCUT2D eigenvalue weighted by atomic mass is 10.3. The van der Waals surface area contributed by atoms with Gasteiger partial charge in [0.15, 0.2) is 0 Å². The molecule has 0 unspecified atom stereocenters. The van der Waals surface area contributed by atoms with E-state index in [9.17, 15) is 4.79 Å². The highest BCUT2D eigenvalue weighted by Crippen LogP contribution is 2.22. The van der Waals surface area contributed by atoms with Crippen LogP contribution in [0.25, 0.3) is 0 Å². The molecule has 1 fully saturated rings. The zero-order chi connectivity index (χ0) is 17.1. The highest BCUT2D eigenvalue weighted by atomic mass is 35.5. The van der Waals surface area contributed by atoms with E-state index in [1.807, 2.05) is 26.0 Å². The number of hydrogen-bond acceptors (Lipinski definition) is 4. The molecule has 1 atom stereocenters. The van der Waals surface area contributed by atoms with E-state index in [1.54, 1.807) is 23.1 Å². The van der Waals surface area contributed by atoms with Gasteiger partial charge in [-0.2, -0.15) is 4.98 Å². The average molecular weight is 347 g/mol. The number of carbonyl (C=O) groups is 1. The third-order valence-electron chi connectivity index (χ3n) is 3.78. The second-order valence-corrected chi connectivity index (χ2v) is 6.19. The van der Waals surface area contributed by atoms with Gasteiger partial charge >= 0.3 is 6.03 Å². The maximum Gasteiger partial charge on any atom is 0.322 e. The Hall–Kier alpha value is -2.34. The number of likely N-dealkylation sites (tertiary alicyclic amines) is 1. The number of anilines is 1. The molecule has 2 amide bonds. The normalized spacial score (nSPS) is 17.0. The second kappa shape index (κ2) is 7.05. The van der Waals surface area contributed by atoms with E-state index in [2.05, 4.69) is 15.3 Å².